The zero-order valence-electron chi connectivity index (χ0n) is 15.6. The summed E-state index contributed by atoms with van der Waals surface area (Å²) in [5.41, 5.74) is 3.95. The van der Waals surface area contributed by atoms with E-state index in [1.807, 2.05) is 49.4 Å². The molecule has 0 saturated carbocycles. The first kappa shape index (κ1) is 18.4. The van der Waals surface area contributed by atoms with E-state index in [-0.39, 0.29) is 11.8 Å². The van der Waals surface area contributed by atoms with Gasteiger partial charge >= 0.3 is 0 Å². The molecule has 1 aromatic heterocycles. The van der Waals surface area contributed by atoms with Gasteiger partial charge in [0.1, 0.15) is 6.61 Å². The van der Waals surface area contributed by atoms with E-state index >= 15 is 0 Å². The third kappa shape index (κ3) is 3.55. The summed E-state index contributed by atoms with van der Waals surface area (Å²) in [5, 5.41) is 10.6. The number of ether oxygens (including phenoxy) is 2. The third-order valence-corrected chi connectivity index (χ3v) is 5.14. The second kappa shape index (κ2) is 7.56. The van der Waals surface area contributed by atoms with Crippen molar-refractivity contribution < 1.29 is 14.3 Å². The molecular formula is C21H20ClN3O3. The highest BCUT2D eigenvalue weighted by Gasteiger charge is 2.30. The minimum atomic E-state index is -0.0817. The van der Waals surface area contributed by atoms with Crippen LogP contribution in [-0.4, -0.2) is 23.2 Å². The smallest absolute Gasteiger partial charge is 0.226 e. The summed E-state index contributed by atoms with van der Waals surface area (Å²) in [4.78, 5) is 12.1. The maximum absolute atomic E-state index is 12.1. The molecule has 7 heteroatoms. The van der Waals surface area contributed by atoms with Crippen molar-refractivity contribution in [2.45, 2.75) is 25.9 Å². The van der Waals surface area contributed by atoms with Gasteiger partial charge in [-0.15, -0.1) is 0 Å². The van der Waals surface area contributed by atoms with E-state index in [9.17, 15) is 4.79 Å². The Morgan fingerprint density at radius 3 is 2.71 bits per heavy atom. The molecule has 2 aromatic carbocycles. The number of halogens is 1. The van der Waals surface area contributed by atoms with Gasteiger partial charge < -0.3 is 14.8 Å². The average molecular weight is 398 g/mol. The molecule has 1 aliphatic heterocycles. The summed E-state index contributed by atoms with van der Waals surface area (Å²) in [5.74, 6) is 1.74. The van der Waals surface area contributed by atoms with Crippen LogP contribution in [0.5, 0.6) is 11.5 Å². The fraction of sp³-hybridized carbons (Fsp3) is 0.238. The number of aromatic nitrogens is 2. The molecule has 4 rings (SSSR count). The standard InChI is InChI=1S/C21H20ClN3O3/c1-12-20-16(10-19(26)23-21(20)25-24-12)14-5-8-17(18(9-14)27-2)28-11-13-3-6-15(22)7-4-13/h3-9,16H,10-11H2,1-2H3,(H2,23,24,25,26)/t16-/m0/s1. The number of methoxy groups -OCH3 is 1. The topological polar surface area (TPSA) is 76.2 Å². The summed E-state index contributed by atoms with van der Waals surface area (Å²) in [6.45, 7) is 2.36. The van der Waals surface area contributed by atoms with Gasteiger partial charge in [-0.2, -0.15) is 5.10 Å². The number of aryl methyl sites for hydroxylation is 1. The highest BCUT2D eigenvalue weighted by molar-refractivity contribution is 6.30. The average Bonchev–Trinajstić information content (AvgIpc) is 3.07. The van der Waals surface area contributed by atoms with Gasteiger partial charge in [-0.1, -0.05) is 29.8 Å². The van der Waals surface area contributed by atoms with Crippen molar-refractivity contribution in [1.82, 2.24) is 10.2 Å². The highest BCUT2D eigenvalue weighted by Crippen LogP contribution is 2.40. The highest BCUT2D eigenvalue weighted by atomic mass is 35.5. The van der Waals surface area contributed by atoms with Crippen molar-refractivity contribution in [2.75, 3.05) is 12.4 Å². The van der Waals surface area contributed by atoms with E-state index in [1.165, 1.54) is 0 Å². The number of aromatic amines is 1. The second-order valence-corrected chi connectivity index (χ2v) is 7.18. The Hall–Kier alpha value is -2.99. The van der Waals surface area contributed by atoms with Gasteiger partial charge in [0, 0.05) is 28.6 Å². The van der Waals surface area contributed by atoms with E-state index in [0.29, 0.717) is 35.4 Å². The van der Waals surface area contributed by atoms with Gasteiger partial charge in [0.25, 0.3) is 0 Å². The lowest BCUT2D eigenvalue weighted by molar-refractivity contribution is -0.116. The van der Waals surface area contributed by atoms with Crippen molar-refractivity contribution in [1.29, 1.82) is 0 Å². The van der Waals surface area contributed by atoms with E-state index in [2.05, 4.69) is 15.5 Å². The first-order valence-electron chi connectivity index (χ1n) is 8.95. The number of amides is 1. The Morgan fingerprint density at radius 2 is 1.96 bits per heavy atom. The van der Waals surface area contributed by atoms with Crippen molar-refractivity contribution in [3.05, 3.63) is 69.9 Å². The fourth-order valence-corrected chi connectivity index (χ4v) is 3.60. The monoisotopic (exact) mass is 397 g/mol. The molecule has 3 aromatic rings. The first-order chi connectivity index (χ1) is 13.5. The molecule has 1 amide bonds. The van der Waals surface area contributed by atoms with Crippen molar-refractivity contribution >= 4 is 23.3 Å². The predicted octanol–water partition coefficient (Wildman–Crippen LogP) is 4.43. The SMILES string of the molecule is COc1cc([C@@H]2CC(=O)Nc3n[nH]c(C)c32)ccc1OCc1ccc(Cl)cc1. The summed E-state index contributed by atoms with van der Waals surface area (Å²) in [6.07, 6.45) is 0.363. The lowest BCUT2D eigenvalue weighted by atomic mass is 9.85. The van der Waals surface area contributed by atoms with Gasteiger partial charge in [-0.05, 0) is 42.3 Å². The largest absolute Gasteiger partial charge is 0.493 e. The number of carbonyl (C=O) groups excluding carboxylic acids is 1. The third-order valence-electron chi connectivity index (χ3n) is 4.89. The number of carbonyl (C=O) groups is 1. The molecule has 6 nitrogen and oxygen atoms in total. The van der Waals surface area contributed by atoms with E-state index < -0.39 is 0 Å². The Labute approximate surface area is 167 Å². The molecule has 2 N–H and O–H groups in total. The number of nitrogens with one attached hydrogen (secondary N) is 2. The van der Waals surface area contributed by atoms with Gasteiger partial charge in [0.15, 0.2) is 17.3 Å². The number of hydrogen-bond donors (Lipinski definition) is 2. The lowest BCUT2D eigenvalue weighted by Crippen LogP contribution is -2.23. The zero-order chi connectivity index (χ0) is 19.7. The molecule has 28 heavy (non-hydrogen) atoms. The van der Waals surface area contributed by atoms with Crippen LogP contribution in [0.15, 0.2) is 42.5 Å². The minimum Gasteiger partial charge on any atom is -0.493 e. The molecule has 0 bridgehead atoms. The first-order valence-corrected chi connectivity index (χ1v) is 9.33. The zero-order valence-corrected chi connectivity index (χ0v) is 16.3. The number of hydrogen-bond acceptors (Lipinski definition) is 4. The lowest BCUT2D eigenvalue weighted by Gasteiger charge is -2.23. The molecule has 0 spiro atoms. The fourth-order valence-electron chi connectivity index (χ4n) is 3.48. The van der Waals surface area contributed by atoms with Crippen LogP contribution in [0.4, 0.5) is 5.82 Å². The number of benzene rings is 2. The molecule has 1 atom stereocenters. The molecule has 0 fully saturated rings. The number of fused-ring (bicyclic) bond motifs is 1. The Bertz CT molecular complexity index is 1010. The molecule has 0 aliphatic carbocycles. The van der Waals surface area contributed by atoms with Crippen molar-refractivity contribution in [3.8, 4) is 11.5 Å². The second-order valence-electron chi connectivity index (χ2n) is 6.74. The molecule has 144 valence electrons. The predicted molar refractivity (Wildman–Crippen MR) is 107 cm³/mol. The number of anilines is 1. The Kier molecular flexibility index (Phi) is 4.96. The van der Waals surface area contributed by atoms with Crippen LogP contribution in [-0.2, 0) is 11.4 Å². The quantitative estimate of drug-likeness (QED) is 0.667. The summed E-state index contributed by atoms with van der Waals surface area (Å²) in [7, 11) is 1.61. The van der Waals surface area contributed by atoms with Crippen LogP contribution < -0.4 is 14.8 Å². The summed E-state index contributed by atoms with van der Waals surface area (Å²) >= 11 is 5.92. The van der Waals surface area contributed by atoms with Crippen LogP contribution in [0.3, 0.4) is 0 Å². The molecule has 2 heterocycles. The van der Waals surface area contributed by atoms with Gasteiger partial charge in [0.2, 0.25) is 5.91 Å². The van der Waals surface area contributed by atoms with Crippen molar-refractivity contribution in [2.24, 2.45) is 0 Å². The Balaban J connectivity index is 1.59. The molecule has 0 saturated heterocycles. The van der Waals surface area contributed by atoms with Crippen LogP contribution >= 0.6 is 11.6 Å². The van der Waals surface area contributed by atoms with Gasteiger partial charge in [0.05, 0.1) is 7.11 Å². The maximum Gasteiger partial charge on any atom is 0.226 e. The maximum atomic E-state index is 12.1. The number of H-pyrrole nitrogens is 1. The van der Waals surface area contributed by atoms with E-state index in [1.54, 1.807) is 7.11 Å². The van der Waals surface area contributed by atoms with E-state index in [0.717, 1.165) is 22.4 Å². The summed E-state index contributed by atoms with van der Waals surface area (Å²) in [6, 6.07) is 13.3. The minimum absolute atomic E-state index is 0.0500. The molecule has 0 unspecified atom stereocenters. The summed E-state index contributed by atoms with van der Waals surface area (Å²) < 4.78 is 11.5. The molecule has 1 aliphatic rings. The van der Waals surface area contributed by atoms with Crippen LogP contribution in [0.25, 0.3) is 0 Å². The van der Waals surface area contributed by atoms with Crippen molar-refractivity contribution in [3.63, 3.8) is 0 Å². The Morgan fingerprint density at radius 1 is 1.18 bits per heavy atom. The number of rotatable bonds is 5. The van der Waals surface area contributed by atoms with E-state index in [4.69, 9.17) is 21.1 Å². The molecule has 0 radical (unpaired) electrons. The van der Waals surface area contributed by atoms with Gasteiger partial charge in [-0.25, -0.2) is 0 Å². The normalized spacial score (nSPS) is 15.7. The van der Waals surface area contributed by atoms with Gasteiger partial charge in [-0.3, -0.25) is 9.89 Å². The molecular weight excluding hydrogens is 378 g/mol. The number of nitrogens with zero attached hydrogens (tertiary/aromatic N) is 1. The van der Waals surface area contributed by atoms with Crippen LogP contribution in [0.1, 0.15) is 34.7 Å². The van der Waals surface area contributed by atoms with Crippen LogP contribution in [0, 0.1) is 6.92 Å². The van der Waals surface area contributed by atoms with Crippen LogP contribution in [0.2, 0.25) is 5.02 Å².